The van der Waals surface area contributed by atoms with Crippen molar-refractivity contribution in [2.24, 2.45) is 0 Å². The minimum atomic E-state index is -1.46. The molecule has 0 fully saturated rings. The SMILES string of the molecule is COc1ccc(B(O)O)cc1CN(C)Cc1ccccc1. The van der Waals surface area contributed by atoms with Crippen LogP contribution in [0.3, 0.4) is 0 Å². The van der Waals surface area contributed by atoms with Gasteiger partial charge in [-0.25, -0.2) is 0 Å². The first-order valence-electron chi connectivity index (χ1n) is 6.85. The normalized spacial score (nSPS) is 10.7. The van der Waals surface area contributed by atoms with E-state index >= 15 is 0 Å². The highest BCUT2D eigenvalue weighted by Crippen LogP contribution is 2.19. The molecule has 2 N–H and O–H groups in total. The maximum atomic E-state index is 9.28. The predicted molar refractivity (Wildman–Crippen MR) is 84.4 cm³/mol. The Balaban J connectivity index is 2.12. The number of hydrogen-bond acceptors (Lipinski definition) is 4. The topological polar surface area (TPSA) is 52.9 Å². The fourth-order valence-corrected chi connectivity index (χ4v) is 2.32. The van der Waals surface area contributed by atoms with Crippen molar-refractivity contribution in [2.75, 3.05) is 14.2 Å². The van der Waals surface area contributed by atoms with Crippen LogP contribution in [0, 0.1) is 0 Å². The molecule has 0 radical (unpaired) electrons. The second-order valence-corrected chi connectivity index (χ2v) is 5.10. The zero-order chi connectivity index (χ0) is 15.2. The summed E-state index contributed by atoms with van der Waals surface area (Å²) < 4.78 is 5.34. The average Bonchev–Trinajstić information content (AvgIpc) is 2.48. The molecule has 2 rings (SSSR count). The van der Waals surface area contributed by atoms with Crippen LogP contribution < -0.4 is 10.2 Å². The predicted octanol–water partition coefficient (Wildman–Crippen LogP) is 1.01. The third kappa shape index (κ3) is 4.33. The molecule has 2 aromatic rings. The van der Waals surface area contributed by atoms with Gasteiger partial charge in [0.25, 0.3) is 0 Å². The largest absolute Gasteiger partial charge is 0.496 e. The second kappa shape index (κ2) is 7.27. The third-order valence-electron chi connectivity index (χ3n) is 3.34. The summed E-state index contributed by atoms with van der Waals surface area (Å²) in [7, 11) is 2.17. The van der Waals surface area contributed by atoms with Gasteiger partial charge in [-0.05, 0) is 24.1 Å². The van der Waals surface area contributed by atoms with E-state index in [0.29, 0.717) is 12.0 Å². The summed E-state index contributed by atoms with van der Waals surface area (Å²) in [6.45, 7) is 1.48. The van der Waals surface area contributed by atoms with Gasteiger partial charge in [0.1, 0.15) is 5.75 Å². The molecule has 21 heavy (non-hydrogen) atoms. The van der Waals surface area contributed by atoms with Crippen molar-refractivity contribution < 1.29 is 14.8 Å². The van der Waals surface area contributed by atoms with Crippen molar-refractivity contribution in [3.05, 3.63) is 59.7 Å². The van der Waals surface area contributed by atoms with Gasteiger partial charge < -0.3 is 14.8 Å². The first-order chi connectivity index (χ1) is 10.1. The summed E-state index contributed by atoms with van der Waals surface area (Å²) in [6.07, 6.45) is 0. The van der Waals surface area contributed by atoms with E-state index in [0.717, 1.165) is 17.9 Å². The van der Waals surface area contributed by atoms with E-state index in [4.69, 9.17) is 4.74 Å². The zero-order valence-electron chi connectivity index (χ0n) is 12.4. The highest BCUT2D eigenvalue weighted by atomic mass is 16.5. The highest BCUT2D eigenvalue weighted by Gasteiger charge is 2.14. The molecule has 0 unspecified atom stereocenters. The van der Waals surface area contributed by atoms with Crippen LogP contribution in [-0.4, -0.2) is 36.2 Å². The van der Waals surface area contributed by atoms with Gasteiger partial charge in [0, 0.05) is 18.7 Å². The molecular formula is C16H20BNO3. The van der Waals surface area contributed by atoms with Gasteiger partial charge in [-0.2, -0.15) is 0 Å². The minimum absolute atomic E-state index is 0.471. The van der Waals surface area contributed by atoms with Crippen molar-refractivity contribution in [3.63, 3.8) is 0 Å². The Hall–Kier alpha value is -1.82. The lowest BCUT2D eigenvalue weighted by Crippen LogP contribution is -2.30. The van der Waals surface area contributed by atoms with Crippen LogP contribution in [0.5, 0.6) is 5.75 Å². The Morgan fingerprint density at radius 2 is 1.76 bits per heavy atom. The van der Waals surface area contributed by atoms with Crippen LogP contribution in [0.15, 0.2) is 48.5 Å². The van der Waals surface area contributed by atoms with Crippen LogP contribution >= 0.6 is 0 Å². The van der Waals surface area contributed by atoms with E-state index in [-0.39, 0.29) is 0 Å². The van der Waals surface area contributed by atoms with E-state index in [2.05, 4.69) is 17.0 Å². The van der Waals surface area contributed by atoms with Gasteiger partial charge in [0.05, 0.1) is 7.11 Å². The zero-order valence-corrected chi connectivity index (χ0v) is 12.4. The Bertz CT molecular complexity index is 575. The number of benzene rings is 2. The summed E-state index contributed by atoms with van der Waals surface area (Å²) in [6, 6.07) is 15.4. The lowest BCUT2D eigenvalue weighted by Gasteiger charge is -2.19. The van der Waals surface area contributed by atoms with E-state index in [1.807, 2.05) is 25.2 Å². The molecule has 0 aromatic heterocycles. The Labute approximate surface area is 125 Å². The molecule has 0 heterocycles. The van der Waals surface area contributed by atoms with Crippen LogP contribution in [-0.2, 0) is 13.1 Å². The lowest BCUT2D eigenvalue weighted by molar-refractivity contribution is 0.310. The van der Waals surface area contributed by atoms with Crippen molar-refractivity contribution in [3.8, 4) is 5.75 Å². The number of nitrogens with zero attached hydrogens (tertiary/aromatic N) is 1. The minimum Gasteiger partial charge on any atom is -0.496 e. The molecule has 0 amide bonds. The first kappa shape index (κ1) is 15.6. The molecule has 0 atom stereocenters. The monoisotopic (exact) mass is 285 g/mol. The number of ether oxygens (including phenoxy) is 1. The fourth-order valence-electron chi connectivity index (χ4n) is 2.32. The second-order valence-electron chi connectivity index (χ2n) is 5.10. The van der Waals surface area contributed by atoms with Crippen molar-refractivity contribution in [1.29, 1.82) is 0 Å². The van der Waals surface area contributed by atoms with Gasteiger partial charge in [-0.15, -0.1) is 0 Å². The van der Waals surface area contributed by atoms with Crippen molar-refractivity contribution >= 4 is 12.6 Å². The molecule has 0 aliphatic heterocycles. The molecule has 0 saturated carbocycles. The summed E-state index contributed by atoms with van der Waals surface area (Å²) in [5.41, 5.74) is 2.64. The fraction of sp³-hybridized carbons (Fsp3) is 0.250. The van der Waals surface area contributed by atoms with Crippen LogP contribution in [0.2, 0.25) is 0 Å². The van der Waals surface area contributed by atoms with Crippen LogP contribution in [0.25, 0.3) is 0 Å². The maximum Gasteiger partial charge on any atom is 0.488 e. The Morgan fingerprint density at radius 3 is 2.38 bits per heavy atom. The standard InChI is InChI=1S/C16H20BNO3/c1-18(11-13-6-4-3-5-7-13)12-14-10-15(17(19)20)8-9-16(14)21-2/h3-10,19-20H,11-12H2,1-2H3. The smallest absolute Gasteiger partial charge is 0.488 e. The number of hydrogen-bond donors (Lipinski definition) is 2. The third-order valence-corrected chi connectivity index (χ3v) is 3.34. The summed E-state index contributed by atoms with van der Waals surface area (Å²) in [5, 5.41) is 18.6. The maximum absolute atomic E-state index is 9.28. The van der Waals surface area contributed by atoms with Gasteiger partial charge >= 0.3 is 7.12 Å². The first-order valence-corrected chi connectivity index (χ1v) is 6.85. The molecular weight excluding hydrogens is 265 g/mol. The molecule has 0 aliphatic carbocycles. The summed E-state index contributed by atoms with van der Waals surface area (Å²) in [4.78, 5) is 2.15. The average molecular weight is 285 g/mol. The van der Waals surface area contributed by atoms with Crippen LogP contribution in [0.4, 0.5) is 0 Å². The van der Waals surface area contributed by atoms with E-state index < -0.39 is 7.12 Å². The molecule has 0 saturated heterocycles. The molecule has 4 nitrogen and oxygen atoms in total. The molecule has 0 aliphatic rings. The lowest BCUT2D eigenvalue weighted by atomic mass is 9.79. The summed E-state index contributed by atoms with van der Waals surface area (Å²) in [5.74, 6) is 0.749. The molecule has 0 bridgehead atoms. The Kier molecular flexibility index (Phi) is 5.39. The van der Waals surface area contributed by atoms with E-state index in [1.54, 1.807) is 25.3 Å². The van der Waals surface area contributed by atoms with Crippen LogP contribution in [0.1, 0.15) is 11.1 Å². The van der Waals surface area contributed by atoms with Gasteiger partial charge in [0.2, 0.25) is 0 Å². The van der Waals surface area contributed by atoms with Gasteiger partial charge in [0.15, 0.2) is 0 Å². The van der Waals surface area contributed by atoms with Gasteiger partial charge in [-0.1, -0.05) is 42.5 Å². The number of methoxy groups -OCH3 is 1. The molecule has 110 valence electrons. The quantitative estimate of drug-likeness (QED) is 0.778. The van der Waals surface area contributed by atoms with Gasteiger partial charge in [-0.3, -0.25) is 4.90 Å². The van der Waals surface area contributed by atoms with E-state index in [1.165, 1.54) is 5.56 Å². The molecule has 2 aromatic carbocycles. The van der Waals surface area contributed by atoms with Crippen molar-refractivity contribution in [2.45, 2.75) is 13.1 Å². The Morgan fingerprint density at radius 1 is 1.05 bits per heavy atom. The number of rotatable bonds is 6. The highest BCUT2D eigenvalue weighted by molar-refractivity contribution is 6.58. The summed E-state index contributed by atoms with van der Waals surface area (Å²) >= 11 is 0. The van der Waals surface area contributed by atoms with E-state index in [9.17, 15) is 10.0 Å². The molecule has 5 heteroatoms. The van der Waals surface area contributed by atoms with Crippen molar-refractivity contribution in [1.82, 2.24) is 4.90 Å². The molecule has 0 spiro atoms.